The van der Waals surface area contributed by atoms with Crippen molar-refractivity contribution in [2.24, 2.45) is 11.8 Å². The first kappa shape index (κ1) is 27.5. The van der Waals surface area contributed by atoms with Gasteiger partial charge in [0, 0.05) is 23.9 Å². The molecule has 1 aliphatic heterocycles. The van der Waals surface area contributed by atoms with Crippen molar-refractivity contribution in [3.63, 3.8) is 0 Å². The lowest BCUT2D eigenvalue weighted by Crippen LogP contribution is -2.42. The lowest BCUT2D eigenvalue weighted by atomic mass is 9.98. The van der Waals surface area contributed by atoms with E-state index in [9.17, 15) is 4.79 Å². The Morgan fingerprint density at radius 3 is 2.29 bits per heavy atom. The highest BCUT2D eigenvalue weighted by atomic mass is 16.5. The van der Waals surface area contributed by atoms with Crippen molar-refractivity contribution in [1.82, 2.24) is 20.0 Å². The van der Waals surface area contributed by atoms with Crippen molar-refractivity contribution < 1.29 is 19.0 Å². The number of hydrogen-bond donors (Lipinski definition) is 1. The van der Waals surface area contributed by atoms with Crippen molar-refractivity contribution in [3.8, 4) is 22.9 Å². The van der Waals surface area contributed by atoms with Gasteiger partial charge in [0.25, 0.3) is 0 Å². The van der Waals surface area contributed by atoms with Gasteiger partial charge < -0.3 is 19.5 Å². The molecule has 0 unspecified atom stereocenters. The van der Waals surface area contributed by atoms with E-state index in [1.54, 1.807) is 14.2 Å². The van der Waals surface area contributed by atoms with E-state index >= 15 is 0 Å². The van der Waals surface area contributed by atoms with Crippen LogP contribution in [0.25, 0.3) is 5.69 Å². The highest BCUT2D eigenvalue weighted by Crippen LogP contribution is 2.28. The molecule has 3 aromatic rings. The second-order valence-corrected chi connectivity index (χ2v) is 10.3. The second kappa shape index (κ2) is 13.3. The van der Waals surface area contributed by atoms with Crippen molar-refractivity contribution in [2.75, 3.05) is 40.5 Å². The smallest absolute Gasteiger partial charge is 0.234 e. The van der Waals surface area contributed by atoms with Crippen molar-refractivity contribution >= 4 is 5.91 Å². The molecule has 38 heavy (non-hydrogen) atoms. The molecule has 1 fully saturated rings. The summed E-state index contributed by atoms with van der Waals surface area (Å²) in [4.78, 5) is 14.9. The zero-order valence-corrected chi connectivity index (χ0v) is 23.0. The van der Waals surface area contributed by atoms with Gasteiger partial charge in [0.15, 0.2) is 0 Å². The summed E-state index contributed by atoms with van der Waals surface area (Å²) in [5.74, 6) is 3.17. The predicted octanol–water partition coefficient (Wildman–Crippen LogP) is 4.50. The van der Waals surface area contributed by atoms with Crippen molar-refractivity contribution in [3.05, 3.63) is 66.0 Å². The molecule has 0 aliphatic carbocycles. The fraction of sp³-hybridized carbons (Fsp3) is 0.467. The molecule has 1 aromatic heterocycles. The monoisotopic (exact) mass is 520 g/mol. The summed E-state index contributed by atoms with van der Waals surface area (Å²) in [5, 5.41) is 7.85. The van der Waals surface area contributed by atoms with E-state index in [1.165, 1.54) is 0 Å². The number of methoxy groups -OCH3 is 2. The summed E-state index contributed by atoms with van der Waals surface area (Å²) in [5.41, 5.74) is 3.08. The van der Waals surface area contributed by atoms with Crippen LogP contribution >= 0.6 is 0 Å². The highest BCUT2D eigenvalue weighted by Gasteiger charge is 2.22. The van der Waals surface area contributed by atoms with Gasteiger partial charge >= 0.3 is 0 Å². The molecule has 2 heterocycles. The third kappa shape index (κ3) is 7.74. The summed E-state index contributed by atoms with van der Waals surface area (Å²) >= 11 is 0. The summed E-state index contributed by atoms with van der Waals surface area (Å²) in [6.07, 6.45) is 2.92. The van der Waals surface area contributed by atoms with Gasteiger partial charge in [-0.15, -0.1) is 0 Å². The lowest BCUT2D eigenvalue weighted by molar-refractivity contribution is -0.122. The average Bonchev–Trinajstić information content (AvgIpc) is 3.33. The Bertz CT molecular complexity index is 1150. The Balaban J connectivity index is 1.22. The van der Waals surface area contributed by atoms with Gasteiger partial charge in [-0.25, -0.2) is 4.68 Å². The number of amides is 1. The minimum absolute atomic E-state index is 0.0304. The maximum Gasteiger partial charge on any atom is 0.234 e. The number of ether oxygens (including phenoxy) is 3. The lowest BCUT2D eigenvalue weighted by Gasteiger charge is -2.31. The largest absolute Gasteiger partial charge is 0.496 e. The Kier molecular flexibility index (Phi) is 9.65. The molecule has 1 saturated heterocycles. The van der Waals surface area contributed by atoms with Gasteiger partial charge in [0.1, 0.15) is 17.2 Å². The SMILES string of the molecule is COc1cc(OC)cc(OCC2CCN(CC(=O)NCc3cc(CC(C)C)n(-c4ccccc4)n3)CC2)c1. The molecule has 8 nitrogen and oxygen atoms in total. The van der Waals surface area contributed by atoms with Crippen LogP contribution in [0.3, 0.4) is 0 Å². The first-order valence-corrected chi connectivity index (χ1v) is 13.4. The molecule has 8 heteroatoms. The van der Waals surface area contributed by atoms with Gasteiger partial charge in [-0.3, -0.25) is 9.69 Å². The minimum Gasteiger partial charge on any atom is -0.496 e. The molecule has 204 valence electrons. The summed E-state index contributed by atoms with van der Waals surface area (Å²) in [6, 6.07) is 17.8. The van der Waals surface area contributed by atoms with E-state index in [2.05, 4.69) is 42.3 Å². The quantitative estimate of drug-likeness (QED) is 0.379. The summed E-state index contributed by atoms with van der Waals surface area (Å²) < 4.78 is 18.7. The molecule has 0 atom stereocenters. The van der Waals surface area contributed by atoms with E-state index < -0.39 is 0 Å². The number of carbonyl (C=O) groups is 1. The van der Waals surface area contributed by atoms with Gasteiger partial charge in [0.2, 0.25) is 5.91 Å². The second-order valence-electron chi connectivity index (χ2n) is 10.3. The number of nitrogens with one attached hydrogen (secondary N) is 1. The number of benzene rings is 2. The number of hydrogen-bond acceptors (Lipinski definition) is 6. The molecule has 4 rings (SSSR count). The zero-order valence-electron chi connectivity index (χ0n) is 23.0. The summed E-state index contributed by atoms with van der Waals surface area (Å²) in [6.45, 7) is 7.63. The van der Waals surface area contributed by atoms with Crippen LogP contribution in [-0.2, 0) is 17.8 Å². The normalized spacial score (nSPS) is 14.4. The van der Waals surface area contributed by atoms with Crippen molar-refractivity contribution in [2.45, 2.75) is 39.7 Å². The van der Waals surface area contributed by atoms with Gasteiger partial charge in [0.05, 0.1) is 45.3 Å². The van der Waals surface area contributed by atoms with Gasteiger partial charge in [-0.2, -0.15) is 5.10 Å². The van der Waals surface area contributed by atoms with Crippen LogP contribution in [0.4, 0.5) is 0 Å². The van der Waals surface area contributed by atoms with Crippen LogP contribution in [0.15, 0.2) is 54.6 Å². The van der Waals surface area contributed by atoms with Crippen LogP contribution in [0.5, 0.6) is 17.2 Å². The number of piperidine rings is 1. The average molecular weight is 521 g/mol. The highest BCUT2D eigenvalue weighted by molar-refractivity contribution is 5.78. The maximum atomic E-state index is 12.7. The third-order valence-electron chi connectivity index (χ3n) is 6.80. The van der Waals surface area contributed by atoms with Crippen LogP contribution in [0.2, 0.25) is 0 Å². The van der Waals surface area contributed by atoms with Crippen LogP contribution < -0.4 is 19.5 Å². The topological polar surface area (TPSA) is 77.9 Å². The van der Waals surface area contributed by atoms with Crippen molar-refractivity contribution in [1.29, 1.82) is 0 Å². The number of carbonyl (C=O) groups excluding carboxylic acids is 1. The molecule has 1 amide bonds. The molecule has 1 N–H and O–H groups in total. The van der Waals surface area contributed by atoms with E-state index in [-0.39, 0.29) is 5.91 Å². The van der Waals surface area contributed by atoms with E-state index in [0.717, 1.165) is 55.2 Å². The Morgan fingerprint density at radius 2 is 1.66 bits per heavy atom. The van der Waals surface area contributed by atoms with Gasteiger partial charge in [-0.1, -0.05) is 32.0 Å². The molecule has 0 saturated carbocycles. The molecule has 2 aromatic carbocycles. The number of aromatic nitrogens is 2. The maximum absolute atomic E-state index is 12.7. The zero-order chi connectivity index (χ0) is 26.9. The number of rotatable bonds is 12. The molecular weight excluding hydrogens is 480 g/mol. The Morgan fingerprint density at radius 1 is 1.00 bits per heavy atom. The number of nitrogens with zero attached hydrogens (tertiary/aromatic N) is 3. The van der Waals surface area contributed by atoms with Crippen LogP contribution in [0, 0.1) is 11.8 Å². The van der Waals surface area contributed by atoms with E-state index in [4.69, 9.17) is 19.3 Å². The fourth-order valence-corrected chi connectivity index (χ4v) is 4.76. The standard InChI is InChI=1S/C30H40N4O4/c1-22(2)14-26-15-24(32-34(26)25-8-6-5-7-9-25)19-31-30(35)20-33-12-10-23(11-13-33)21-38-29-17-27(36-3)16-28(18-29)37-4/h5-9,15-18,22-23H,10-14,19-21H2,1-4H3,(H,31,35). The molecule has 1 aliphatic rings. The first-order chi connectivity index (χ1) is 18.4. The first-order valence-electron chi connectivity index (χ1n) is 13.4. The van der Waals surface area contributed by atoms with E-state index in [0.29, 0.717) is 43.0 Å². The van der Waals surface area contributed by atoms with Crippen LogP contribution in [-0.4, -0.2) is 61.0 Å². The number of likely N-dealkylation sites (tertiary alicyclic amines) is 1. The molecule has 0 spiro atoms. The molecular formula is C30H40N4O4. The van der Waals surface area contributed by atoms with Crippen LogP contribution in [0.1, 0.15) is 38.1 Å². The molecule has 0 radical (unpaired) electrons. The predicted molar refractivity (Wildman–Crippen MR) is 148 cm³/mol. The fourth-order valence-electron chi connectivity index (χ4n) is 4.76. The Labute approximate surface area is 225 Å². The summed E-state index contributed by atoms with van der Waals surface area (Å²) in [7, 11) is 3.26. The minimum atomic E-state index is 0.0304. The Hall–Kier alpha value is -3.52. The molecule has 0 bridgehead atoms. The third-order valence-corrected chi connectivity index (χ3v) is 6.80. The van der Waals surface area contributed by atoms with Gasteiger partial charge in [-0.05, 0) is 62.4 Å². The number of para-hydroxylation sites is 1. The van der Waals surface area contributed by atoms with E-state index in [1.807, 2.05) is 41.1 Å².